The molecule has 1 N–H and O–H groups in total. The van der Waals surface area contributed by atoms with Gasteiger partial charge in [-0.15, -0.1) is 11.3 Å². The molecule has 0 bridgehead atoms. The molecule has 1 unspecified atom stereocenters. The largest absolute Gasteiger partial charge is 0.324 e. The molecule has 176 valence electrons. The lowest BCUT2D eigenvalue weighted by molar-refractivity contribution is 0.756. The van der Waals surface area contributed by atoms with Crippen LogP contribution in [0.15, 0.2) is 137 Å². The summed E-state index contributed by atoms with van der Waals surface area (Å²) in [5, 5.41) is 6.15. The van der Waals surface area contributed by atoms with E-state index in [0.29, 0.717) is 0 Å². The molecule has 1 aliphatic rings. The molecule has 0 saturated heterocycles. The van der Waals surface area contributed by atoms with Crippen LogP contribution in [0.25, 0.3) is 31.3 Å². The Morgan fingerprint density at radius 1 is 0.541 bits per heavy atom. The van der Waals surface area contributed by atoms with Gasteiger partial charge in [0, 0.05) is 31.3 Å². The van der Waals surface area contributed by atoms with Crippen LogP contribution in [0.2, 0.25) is 0 Å². The van der Waals surface area contributed by atoms with Crippen LogP contribution in [-0.2, 0) is 0 Å². The summed E-state index contributed by atoms with van der Waals surface area (Å²) in [5.74, 6) is 1.66. The first-order valence-corrected chi connectivity index (χ1v) is 13.2. The fraction of sp³-hybridized carbons (Fsp3) is 0.0303. The fourth-order valence-electron chi connectivity index (χ4n) is 4.95. The first kappa shape index (κ1) is 21.7. The van der Waals surface area contributed by atoms with Gasteiger partial charge in [0.25, 0.3) is 0 Å². The van der Waals surface area contributed by atoms with Crippen LogP contribution in [0.3, 0.4) is 0 Å². The molecule has 37 heavy (non-hydrogen) atoms. The highest BCUT2D eigenvalue weighted by molar-refractivity contribution is 7.26. The molecule has 6 aromatic rings. The molecule has 4 heteroatoms. The Kier molecular flexibility index (Phi) is 5.38. The number of fused-ring (bicyclic) bond motifs is 3. The molecule has 0 aliphatic carbocycles. The van der Waals surface area contributed by atoms with Crippen LogP contribution in [0.4, 0.5) is 0 Å². The predicted octanol–water partition coefficient (Wildman–Crippen LogP) is 8.22. The number of benzene rings is 5. The van der Waals surface area contributed by atoms with E-state index in [1.807, 2.05) is 47.7 Å². The van der Waals surface area contributed by atoms with Crippen molar-refractivity contribution >= 4 is 43.2 Å². The van der Waals surface area contributed by atoms with E-state index in [-0.39, 0.29) is 6.17 Å². The Morgan fingerprint density at radius 3 is 1.86 bits per heavy atom. The Labute approximate surface area is 219 Å². The van der Waals surface area contributed by atoms with Gasteiger partial charge in [0.15, 0.2) is 6.17 Å². The van der Waals surface area contributed by atoms with Crippen molar-refractivity contribution in [3.63, 3.8) is 0 Å². The van der Waals surface area contributed by atoms with E-state index in [2.05, 4.69) is 96.3 Å². The molecule has 0 radical (unpaired) electrons. The average Bonchev–Trinajstić information content (AvgIpc) is 3.36. The fourth-order valence-corrected chi connectivity index (χ4v) is 6.12. The van der Waals surface area contributed by atoms with Crippen molar-refractivity contribution in [1.82, 2.24) is 5.32 Å². The summed E-state index contributed by atoms with van der Waals surface area (Å²) in [6, 6.07) is 44.4. The molecule has 1 aromatic heterocycles. The first-order chi connectivity index (χ1) is 18.3. The van der Waals surface area contributed by atoms with Gasteiger partial charge >= 0.3 is 0 Å². The summed E-state index contributed by atoms with van der Waals surface area (Å²) < 4.78 is 2.54. The molecule has 0 fully saturated rings. The highest BCUT2D eigenvalue weighted by Gasteiger charge is 2.22. The number of amidine groups is 2. The maximum Gasteiger partial charge on any atom is 0.169 e. The van der Waals surface area contributed by atoms with Crippen molar-refractivity contribution < 1.29 is 0 Å². The molecule has 5 aromatic carbocycles. The second-order valence-corrected chi connectivity index (χ2v) is 10.2. The molecule has 0 amide bonds. The van der Waals surface area contributed by atoms with E-state index in [9.17, 15) is 0 Å². The van der Waals surface area contributed by atoms with Crippen molar-refractivity contribution in [2.45, 2.75) is 6.17 Å². The first-order valence-electron chi connectivity index (χ1n) is 12.4. The van der Waals surface area contributed by atoms with Gasteiger partial charge in [0.05, 0.1) is 0 Å². The summed E-state index contributed by atoms with van der Waals surface area (Å²) in [6.45, 7) is 0. The van der Waals surface area contributed by atoms with Crippen LogP contribution >= 0.6 is 11.3 Å². The Hall–Kier alpha value is -4.54. The topological polar surface area (TPSA) is 36.8 Å². The second-order valence-electron chi connectivity index (χ2n) is 9.09. The Morgan fingerprint density at radius 2 is 1.14 bits per heavy atom. The monoisotopic (exact) mass is 493 g/mol. The van der Waals surface area contributed by atoms with E-state index >= 15 is 0 Å². The molecular formula is C33H23N3S. The van der Waals surface area contributed by atoms with Crippen molar-refractivity contribution in [2.75, 3.05) is 0 Å². The lowest BCUT2D eigenvalue weighted by Gasteiger charge is -2.23. The van der Waals surface area contributed by atoms with Gasteiger partial charge in [-0.05, 0) is 34.9 Å². The summed E-state index contributed by atoms with van der Waals surface area (Å²) in [4.78, 5) is 10.1. The van der Waals surface area contributed by atoms with E-state index in [1.54, 1.807) is 0 Å². The predicted molar refractivity (Wildman–Crippen MR) is 157 cm³/mol. The maximum absolute atomic E-state index is 5.12. The molecule has 0 spiro atoms. The number of thiophene rings is 1. The van der Waals surface area contributed by atoms with Crippen LogP contribution in [0, 0.1) is 0 Å². The smallest absolute Gasteiger partial charge is 0.169 e. The minimum absolute atomic E-state index is 0.314. The molecule has 1 aliphatic heterocycles. The summed E-state index contributed by atoms with van der Waals surface area (Å²) in [5.41, 5.74) is 5.59. The van der Waals surface area contributed by atoms with E-state index < -0.39 is 0 Å². The van der Waals surface area contributed by atoms with Crippen molar-refractivity contribution in [2.24, 2.45) is 9.98 Å². The SMILES string of the molecule is c1ccc(C2=NC(c3ccccc3)N=C(c3cc(-c4ccccc4)c4c(c3)sc3ccccc34)N2)cc1. The quantitative estimate of drug-likeness (QED) is 0.264. The molecule has 1 atom stereocenters. The van der Waals surface area contributed by atoms with Gasteiger partial charge in [-0.3, -0.25) is 0 Å². The maximum atomic E-state index is 5.12. The van der Waals surface area contributed by atoms with Crippen LogP contribution < -0.4 is 5.32 Å². The van der Waals surface area contributed by atoms with Crippen molar-refractivity contribution in [3.05, 3.63) is 144 Å². The molecular weight excluding hydrogens is 470 g/mol. The van der Waals surface area contributed by atoms with E-state index in [0.717, 1.165) is 28.4 Å². The number of nitrogens with one attached hydrogen (secondary N) is 1. The third-order valence-corrected chi connectivity index (χ3v) is 7.84. The number of aliphatic imine (C=N–C) groups is 2. The minimum atomic E-state index is -0.314. The van der Waals surface area contributed by atoms with Gasteiger partial charge in [0.2, 0.25) is 0 Å². The van der Waals surface area contributed by atoms with Gasteiger partial charge in [-0.1, -0.05) is 109 Å². The normalized spacial score (nSPS) is 15.3. The van der Waals surface area contributed by atoms with Gasteiger partial charge in [-0.25, -0.2) is 9.98 Å². The van der Waals surface area contributed by atoms with Gasteiger partial charge in [-0.2, -0.15) is 0 Å². The van der Waals surface area contributed by atoms with Crippen LogP contribution in [-0.4, -0.2) is 11.7 Å². The minimum Gasteiger partial charge on any atom is -0.324 e. The lowest BCUT2D eigenvalue weighted by atomic mass is 9.96. The molecule has 3 nitrogen and oxygen atoms in total. The highest BCUT2D eigenvalue weighted by Crippen LogP contribution is 2.41. The van der Waals surface area contributed by atoms with Crippen molar-refractivity contribution in [1.29, 1.82) is 0 Å². The Balaban J connectivity index is 1.44. The van der Waals surface area contributed by atoms with E-state index in [4.69, 9.17) is 9.98 Å². The second kappa shape index (κ2) is 9.16. The molecule has 7 rings (SSSR count). The zero-order chi connectivity index (χ0) is 24.6. The number of nitrogens with zero attached hydrogens (tertiary/aromatic N) is 2. The summed E-state index contributed by atoms with van der Waals surface area (Å²) in [6.07, 6.45) is -0.314. The third-order valence-electron chi connectivity index (χ3n) is 6.72. The number of hydrogen-bond acceptors (Lipinski definition) is 4. The zero-order valence-corrected chi connectivity index (χ0v) is 20.8. The molecule has 2 heterocycles. The average molecular weight is 494 g/mol. The molecule has 0 saturated carbocycles. The number of hydrogen-bond donors (Lipinski definition) is 1. The summed E-state index contributed by atoms with van der Waals surface area (Å²) in [7, 11) is 0. The standard InChI is InChI=1S/C33H23N3S/c1-4-12-22(13-5-1)27-20-25(21-29-30(27)26-18-10-11-19-28(26)37-29)33-35-31(23-14-6-2-7-15-23)34-32(36-33)24-16-8-3-9-17-24/h1-21,31H,(H,34,35,36). The lowest BCUT2D eigenvalue weighted by Crippen LogP contribution is -2.36. The number of rotatable bonds is 4. The van der Waals surface area contributed by atoms with Crippen LogP contribution in [0.5, 0.6) is 0 Å². The highest BCUT2D eigenvalue weighted by atomic mass is 32.1. The Bertz CT molecular complexity index is 1790. The third kappa shape index (κ3) is 4.02. The van der Waals surface area contributed by atoms with Crippen LogP contribution in [0.1, 0.15) is 22.9 Å². The zero-order valence-electron chi connectivity index (χ0n) is 20.0. The van der Waals surface area contributed by atoms with Gasteiger partial charge in [0.1, 0.15) is 11.7 Å². The van der Waals surface area contributed by atoms with E-state index in [1.165, 1.54) is 31.3 Å². The summed E-state index contributed by atoms with van der Waals surface area (Å²) >= 11 is 1.83. The van der Waals surface area contributed by atoms with Gasteiger partial charge < -0.3 is 5.32 Å². The van der Waals surface area contributed by atoms with Crippen molar-refractivity contribution in [3.8, 4) is 11.1 Å².